The van der Waals surface area contributed by atoms with Crippen LogP contribution in [0.1, 0.15) is 23.3 Å². The molecule has 0 bridgehead atoms. The summed E-state index contributed by atoms with van der Waals surface area (Å²) in [6.45, 7) is 1.13. The minimum atomic E-state index is -3.43. The smallest absolute Gasteiger partial charge is 0.252 e. The van der Waals surface area contributed by atoms with E-state index >= 15 is 0 Å². The predicted molar refractivity (Wildman–Crippen MR) is 100 cm³/mol. The third kappa shape index (κ3) is 4.30. The van der Waals surface area contributed by atoms with Crippen molar-refractivity contribution in [3.8, 4) is 6.07 Å². The van der Waals surface area contributed by atoms with Gasteiger partial charge in [0.15, 0.2) is 0 Å². The van der Waals surface area contributed by atoms with Crippen molar-refractivity contribution in [3.05, 3.63) is 46.8 Å². The molecule has 2 aromatic rings. The molecule has 136 valence electrons. The van der Waals surface area contributed by atoms with Gasteiger partial charge in [0.05, 0.1) is 18.9 Å². The van der Waals surface area contributed by atoms with Crippen molar-refractivity contribution in [2.75, 3.05) is 18.4 Å². The maximum atomic E-state index is 12.5. The van der Waals surface area contributed by atoms with Crippen molar-refractivity contribution in [2.45, 2.75) is 29.9 Å². The second kappa shape index (κ2) is 7.99. The maximum Gasteiger partial charge on any atom is 0.252 e. The van der Waals surface area contributed by atoms with Crippen molar-refractivity contribution < 1.29 is 13.2 Å². The number of carbonyl (C=O) groups excluding carboxylic acids is 1. The van der Waals surface area contributed by atoms with Gasteiger partial charge in [0.1, 0.15) is 4.21 Å². The fourth-order valence-electron chi connectivity index (χ4n) is 2.81. The summed E-state index contributed by atoms with van der Waals surface area (Å²) in [5, 5.41) is 11.5. The number of thiophene rings is 1. The van der Waals surface area contributed by atoms with Gasteiger partial charge in [-0.1, -0.05) is 12.1 Å². The number of rotatable bonds is 6. The first-order chi connectivity index (χ1) is 12.5. The average molecular weight is 390 g/mol. The molecule has 1 saturated heterocycles. The van der Waals surface area contributed by atoms with Gasteiger partial charge in [-0.15, -0.1) is 11.3 Å². The first kappa shape index (κ1) is 18.6. The minimum Gasteiger partial charge on any atom is -0.326 e. The Morgan fingerprint density at radius 3 is 2.50 bits per heavy atom. The molecule has 0 unspecified atom stereocenters. The highest BCUT2D eigenvalue weighted by molar-refractivity contribution is 7.91. The van der Waals surface area contributed by atoms with Crippen molar-refractivity contribution in [1.82, 2.24) is 4.31 Å². The number of amides is 1. The standard InChI is InChI=1S/C18H19N3O3S2/c19-10-9-14-3-5-15(6-4-14)20-17(22)13-16-7-8-18(25-16)26(23,24)21-11-1-2-12-21/h3-8H,1-2,9,11-13H2,(H,20,22). The van der Waals surface area contributed by atoms with Crippen molar-refractivity contribution in [2.24, 2.45) is 0 Å². The largest absolute Gasteiger partial charge is 0.326 e. The number of nitrogens with zero attached hydrogens (tertiary/aromatic N) is 2. The lowest BCUT2D eigenvalue weighted by Gasteiger charge is -2.13. The van der Waals surface area contributed by atoms with Gasteiger partial charge >= 0.3 is 0 Å². The Kier molecular flexibility index (Phi) is 5.71. The molecule has 6 nitrogen and oxygen atoms in total. The van der Waals surface area contributed by atoms with Gasteiger partial charge in [-0.25, -0.2) is 8.42 Å². The molecule has 1 aliphatic rings. The molecule has 3 rings (SSSR count). The SMILES string of the molecule is N#CCc1ccc(NC(=O)Cc2ccc(S(=O)(=O)N3CCCC3)s2)cc1. The Morgan fingerprint density at radius 2 is 1.85 bits per heavy atom. The van der Waals surface area contributed by atoms with Gasteiger partial charge < -0.3 is 5.32 Å². The highest BCUT2D eigenvalue weighted by atomic mass is 32.2. The van der Waals surface area contributed by atoms with Crippen LogP contribution in [-0.2, 0) is 27.7 Å². The zero-order valence-corrected chi connectivity index (χ0v) is 15.8. The summed E-state index contributed by atoms with van der Waals surface area (Å²) in [5.41, 5.74) is 1.54. The molecule has 26 heavy (non-hydrogen) atoms. The first-order valence-electron chi connectivity index (χ1n) is 8.33. The summed E-state index contributed by atoms with van der Waals surface area (Å²) in [7, 11) is -3.43. The molecule has 0 radical (unpaired) electrons. The normalized spacial score (nSPS) is 14.9. The molecular formula is C18H19N3O3S2. The second-order valence-electron chi connectivity index (χ2n) is 6.09. The molecule has 1 fully saturated rings. The summed E-state index contributed by atoms with van der Waals surface area (Å²) in [6.07, 6.45) is 2.25. The second-order valence-corrected chi connectivity index (χ2v) is 9.42. The van der Waals surface area contributed by atoms with E-state index in [1.54, 1.807) is 36.4 Å². The van der Waals surface area contributed by atoms with Crippen molar-refractivity contribution in [1.29, 1.82) is 5.26 Å². The van der Waals surface area contributed by atoms with E-state index in [1.165, 1.54) is 4.31 Å². The topological polar surface area (TPSA) is 90.3 Å². The monoisotopic (exact) mass is 389 g/mol. The highest BCUT2D eigenvalue weighted by Gasteiger charge is 2.28. The van der Waals surface area contributed by atoms with Crippen LogP contribution in [0.4, 0.5) is 5.69 Å². The van der Waals surface area contributed by atoms with Gasteiger partial charge in [-0.05, 0) is 42.7 Å². The number of nitriles is 1. The van der Waals surface area contributed by atoms with Crippen molar-refractivity contribution >= 4 is 33.0 Å². The number of benzene rings is 1. The van der Waals surface area contributed by atoms with Crippen LogP contribution in [-0.4, -0.2) is 31.7 Å². The van der Waals surface area contributed by atoms with E-state index in [1.807, 2.05) is 0 Å². The van der Waals surface area contributed by atoms with Crippen LogP contribution in [0.15, 0.2) is 40.6 Å². The van der Waals surface area contributed by atoms with Crippen molar-refractivity contribution in [3.63, 3.8) is 0 Å². The molecule has 1 aromatic heterocycles. The predicted octanol–water partition coefficient (Wildman–Crippen LogP) is 2.78. The first-order valence-corrected chi connectivity index (χ1v) is 10.6. The molecule has 1 aromatic carbocycles. The molecule has 1 amide bonds. The van der Waals surface area contributed by atoms with Crippen LogP contribution >= 0.6 is 11.3 Å². The van der Waals surface area contributed by atoms with E-state index in [2.05, 4.69) is 11.4 Å². The highest BCUT2D eigenvalue weighted by Crippen LogP contribution is 2.27. The van der Waals surface area contributed by atoms with Crippen LogP contribution in [0.5, 0.6) is 0 Å². The Labute approximate surface area is 157 Å². The summed E-state index contributed by atoms with van der Waals surface area (Å²) in [4.78, 5) is 12.9. The van der Waals surface area contributed by atoms with Gasteiger partial charge in [0.25, 0.3) is 10.0 Å². The van der Waals surface area contributed by atoms with Crippen LogP contribution in [0, 0.1) is 11.3 Å². The van der Waals surface area contributed by atoms with E-state index in [-0.39, 0.29) is 12.3 Å². The van der Waals surface area contributed by atoms with E-state index < -0.39 is 10.0 Å². The molecule has 0 spiro atoms. The molecule has 1 N–H and O–H groups in total. The summed E-state index contributed by atoms with van der Waals surface area (Å²) in [5.74, 6) is -0.204. The molecule has 2 heterocycles. The number of sulfonamides is 1. The van der Waals surface area contributed by atoms with Gasteiger partial charge in [-0.3, -0.25) is 4.79 Å². The number of nitrogens with one attached hydrogen (secondary N) is 1. The Bertz CT molecular complexity index is 921. The molecule has 0 aliphatic carbocycles. The molecule has 0 atom stereocenters. The number of carbonyl (C=O) groups is 1. The van der Waals surface area contributed by atoms with E-state index in [0.29, 0.717) is 34.3 Å². The Morgan fingerprint density at radius 1 is 1.15 bits per heavy atom. The third-order valence-corrected chi connectivity index (χ3v) is 7.60. The Hall–Kier alpha value is -2.21. The van der Waals surface area contributed by atoms with Crippen LogP contribution < -0.4 is 5.32 Å². The summed E-state index contributed by atoms with van der Waals surface area (Å²) < 4.78 is 26.8. The fourth-order valence-corrected chi connectivity index (χ4v) is 5.83. The average Bonchev–Trinajstić information content (AvgIpc) is 3.29. The summed E-state index contributed by atoms with van der Waals surface area (Å²) in [6, 6.07) is 12.4. The lowest BCUT2D eigenvalue weighted by Crippen LogP contribution is -2.27. The molecule has 1 aliphatic heterocycles. The molecular weight excluding hydrogens is 370 g/mol. The zero-order valence-electron chi connectivity index (χ0n) is 14.1. The quantitative estimate of drug-likeness (QED) is 0.822. The number of hydrogen-bond donors (Lipinski definition) is 1. The zero-order chi connectivity index (χ0) is 18.6. The Balaban J connectivity index is 1.61. The molecule has 0 saturated carbocycles. The lowest BCUT2D eigenvalue weighted by molar-refractivity contribution is -0.115. The maximum absolute atomic E-state index is 12.5. The van der Waals surface area contributed by atoms with Gasteiger partial charge in [0.2, 0.25) is 5.91 Å². The van der Waals surface area contributed by atoms with E-state index in [0.717, 1.165) is 29.7 Å². The van der Waals surface area contributed by atoms with Gasteiger partial charge in [0, 0.05) is 23.7 Å². The number of anilines is 1. The lowest BCUT2D eigenvalue weighted by atomic mass is 10.1. The van der Waals surface area contributed by atoms with E-state index in [9.17, 15) is 13.2 Å². The van der Waals surface area contributed by atoms with Crippen LogP contribution in [0.2, 0.25) is 0 Å². The molecule has 8 heteroatoms. The number of hydrogen-bond acceptors (Lipinski definition) is 5. The third-order valence-electron chi connectivity index (χ3n) is 4.15. The van der Waals surface area contributed by atoms with Crippen LogP contribution in [0.3, 0.4) is 0 Å². The minimum absolute atomic E-state index is 0.125. The van der Waals surface area contributed by atoms with Gasteiger partial charge in [-0.2, -0.15) is 9.57 Å². The van der Waals surface area contributed by atoms with Crippen LogP contribution in [0.25, 0.3) is 0 Å². The van der Waals surface area contributed by atoms with E-state index in [4.69, 9.17) is 5.26 Å². The summed E-state index contributed by atoms with van der Waals surface area (Å²) >= 11 is 1.15. The fraction of sp³-hybridized carbons (Fsp3) is 0.333.